The fourth-order valence-corrected chi connectivity index (χ4v) is 2.82. The number of benzene rings is 2. The predicted molar refractivity (Wildman–Crippen MR) is 91.1 cm³/mol. The van der Waals surface area contributed by atoms with E-state index in [0.29, 0.717) is 5.75 Å². The third-order valence-corrected chi connectivity index (χ3v) is 5.20. The van der Waals surface area contributed by atoms with Crippen molar-refractivity contribution in [2.24, 2.45) is 0 Å². The van der Waals surface area contributed by atoms with Crippen LogP contribution in [0.5, 0.6) is 5.75 Å². The zero-order chi connectivity index (χ0) is 18.4. The van der Waals surface area contributed by atoms with Crippen LogP contribution in [0.15, 0.2) is 53.4 Å². The predicted octanol–water partition coefficient (Wildman–Crippen LogP) is 1.77. The normalized spacial score (nSPS) is 11.4. The van der Waals surface area contributed by atoms with Crippen LogP contribution in [0.25, 0.3) is 0 Å². The monoisotopic (exact) mass is 366 g/mol. The molecule has 0 aromatic heterocycles. The van der Waals surface area contributed by atoms with E-state index < -0.39 is 10.0 Å². The fourth-order valence-electron chi connectivity index (χ4n) is 1.92. The van der Waals surface area contributed by atoms with E-state index in [0.717, 1.165) is 9.87 Å². The molecule has 2 rings (SSSR count). The molecular formula is C17H19FN2O4S. The van der Waals surface area contributed by atoms with Gasteiger partial charge in [-0.3, -0.25) is 4.79 Å². The first kappa shape index (κ1) is 18.9. The Kier molecular flexibility index (Phi) is 6.11. The van der Waals surface area contributed by atoms with Gasteiger partial charge in [-0.15, -0.1) is 0 Å². The first-order valence-electron chi connectivity index (χ1n) is 7.45. The molecule has 0 aliphatic heterocycles. The highest BCUT2D eigenvalue weighted by Gasteiger charge is 2.16. The van der Waals surface area contributed by atoms with Gasteiger partial charge in [0.25, 0.3) is 5.91 Å². The second-order valence-electron chi connectivity index (χ2n) is 5.45. The second kappa shape index (κ2) is 8.09. The standard InChI is InChI=1S/C17H19FN2O4S/c1-20(2)25(22,23)16-9-3-13(4-10-16)11-19-17(21)12-24-15-7-5-14(18)6-8-15/h3-10H,11-12H2,1-2H3,(H,19,21). The van der Waals surface area contributed by atoms with E-state index in [2.05, 4.69) is 5.32 Å². The number of nitrogens with zero attached hydrogens (tertiary/aromatic N) is 1. The maximum Gasteiger partial charge on any atom is 0.258 e. The van der Waals surface area contributed by atoms with Crippen LogP contribution in [-0.4, -0.2) is 39.3 Å². The second-order valence-corrected chi connectivity index (χ2v) is 7.60. The molecule has 0 bridgehead atoms. The van der Waals surface area contributed by atoms with Gasteiger partial charge in [-0.25, -0.2) is 17.1 Å². The van der Waals surface area contributed by atoms with E-state index in [1.165, 1.54) is 50.5 Å². The van der Waals surface area contributed by atoms with Crippen LogP contribution in [0.1, 0.15) is 5.56 Å². The van der Waals surface area contributed by atoms with Crippen molar-refractivity contribution in [2.45, 2.75) is 11.4 Å². The summed E-state index contributed by atoms with van der Waals surface area (Å²) in [6, 6.07) is 11.6. The van der Waals surface area contributed by atoms with Crippen molar-refractivity contribution in [1.82, 2.24) is 9.62 Å². The summed E-state index contributed by atoms with van der Waals surface area (Å²) in [6.07, 6.45) is 0. The molecule has 0 fully saturated rings. The van der Waals surface area contributed by atoms with Crippen molar-refractivity contribution in [1.29, 1.82) is 0 Å². The van der Waals surface area contributed by atoms with Crippen LogP contribution in [0.4, 0.5) is 4.39 Å². The molecule has 0 saturated carbocycles. The lowest BCUT2D eigenvalue weighted by atomic mass is 10.2. The van der Waals surface area contributed by atoms with Gasteiger partial charge in [-0.2, -0.15) is 0 Å². The molecular weight excluding hydrogens is 347 g/mol. The van der Waals surface area contributed by atoms with E-state index in [1.54, 1.807) is 12.1 Å². The van der Waals surface area contributed by atoms with Crippen LogP contribution in [0.2, 0.25) is 0 Å². The number of sulfonamides is 1. The number of amides is 1. The number of rotatable bonds is 7. The maximum atomic E-state index is 12.8. The molecule has 2 aromatic carbocycles. The van der Waals surface area contributed by atoms with Gasteiger partial charge < -0.3 is 10.1 Å². The summed E-state index contributed by atoms with van der Waals surface area (Å²) >= 11 is 0. The third kappa shape index (κ3) is 5.27. The van der Waals surface area contributed by atoms with Crippen LogP contribution < -0.4 is 10.1 Å². The molecule has 1 amide bonds. The Labute approximate surface area is 146 Å². The summed E-state index contributed by atoms with van der Waals surface area (Å²) in [6.45, 7) is 0.0482. The first-order chi connectivity index (χ1) is 11.8. The minimum atomic E-state index is -3.47. The van der Waals surface area contributed by atoms with E-state index in [-0.39, 0.29) is 29.8 Å². The van der Waals surface area contributed by atoms with Crippen LogP contribution in [0.3, 0.4) is 0 Å². The van der Waals surface area contributed by atoms with Gasteiger partial charge >= 0.3 is 0 Å². The Morgan fingerprint density at radius 2 is 1.68 bits per heavy atom. The highest BCUT2D eigenvalue weighted by atomic mass is 32.2. The highest BCUT2D eigenvalue weighted by Crippen LogP contribution is 2.14. The van der Waals surface area contributed by atoms with E-state index >= 15 is 0 Å². The zero-order valence-corrected chi connectivity index (χ0v) is 14.7. The average Bonchev–Trinajstić information content (AvgIpc) is 2.59. The smallest absolute Gasteiger partial charge is 0.258 e. The van der Waals surface area contributed by atoms with Crippen LogP contribution in [-0.2, 0) is 21.4 Å². The minimum absolute atomic E-state index is 0.187. The van der Waals surface area contributed by atoms with Crippen molar-refractivity contribution < 1.29 is 22.3 Å². The topological polar surface area (TPSA) is 75.7 Å². The first-order valence-corrected chi connectivity index (χ1v) is 8.89. The van der Waals surface area contributed by atoms with Gasteiger partial charge in [0, 0.05) is 20.6 Å². The molecule has 0 aliphatic carbocycles. The number of carbonyl (C=O) groups excluding carboxylic acids is 1. The fraction of sp³-hybridized carbons (Fsp3) is 0.235. The van der Waals surface area contributed by atoms with Crippen molar-refractivity contribution in [3.05, 3.63) is 59.9 Å². The summed E-state index contributed by atoms with van der Waals surface area (Å²) in [5.41, 5.74) is 0.757. The lowest BCUT2D eigenvalue weighted by Crippen LogP contribution is -2.28. The lowest BCUT2D eigenvalue weighted by Gasteiger charge is -2.12. The van der Waals surface area contributed by atoms with Gasteiger partial charge in [0.05, 0.1) is 4.90 Å². The quantitative estimate of drug-likeness (QED) is 0.810. The third-order valence-electron chi connectivity index (χ3n) is 3.38. The molecule has 25 heavy (non-hydrogen) atoms. The number of hydrogen-bond acceptors (Lipinski definition) is 4. The maximum absolute atomic E-state index is 12.8. The molecule has 2 aromatic rings. The van der Waals surface area contributed by atoms with Crippen molar-refractivity contribution >= 4 is 15.9 Å². The molecule has 0 radical (unpaired) electrons. The number of hydrogen-bond donors (Lipinski definition) is 1. The van der Waals surface area contributed by atoms with E-state index in [4.69, 9.17) is 4.74 Å². The summed E-state index contributed by atoms with van der Waals surface area (Å²) in [4.78, 5) is 11.9. The van der Waals surface area contributed by atoms with Crippen molar-refractivity contribution in [3.8, 4) is 5.75 Å². The van der Waals surface area contributed by atoms with Gasteiger partial charge in [0.15, 0.2) is 6.61 Å². The number of nitrogens with one attached hydrogen (secondary N) is 1. The molecule has 0 aliphatic rings. The average molecular weight is 366 g/mol. The summed E-state index contributed by atoms with van der Waals surface area (Å²) in [7, 11) is -0.542. The Morgan fingerprint density at radius 1 is 1.08 bits per heavy atom. The van der Waals surface area contributed by atoms with Gasteiger partial charge in [0.2, 0.25) is 10.0 Å². The molecule has 1 N–H and O–H groups in total. The number of halogens is 1. The van der Waals surface area contributed by atoms with E-state index in [1.807, 2.05) is 0 Å². The Morgan fingerprint density at radius 3 is 2.24 bits per heavy atom. The molecule has 134 valence electrons. The Bertz CT molecular complexity index is 819. The van der Waals surface area contributed by atoms with Crippen molar-refractivity contribution in [3.63, 3.8) is 0 Å². The van der Waals surface area contributed by atoms with Crippen molar-refractivity contribution in [2.75, 3.05) is 20.7 Å². The van der Waals surface area contributed by atoms with Gasteiger partial charge in [-0.1, -0.05) is 12.1 Å². The van der Waals surface area contributed by atoms with Crippen LogP contribution >= 0.6 is 0 Å². The molecule has 0 unspecified atom stereocenters. The lowest BCUT2D eigenvalue weighted by molar-refractivity contribution is -0.123. The van der Waals surface area contributed by atoms with E-state index in [9.17, 15) is 17.6 Å². The summed E-state index contributed by atoms with van der Waals surface area (Å²) in [5.74, 6) is -0.319. The van der Waals surface area contributed by atoms with Gasteiger partial charge in [-0.05, 0) is 42.0 Å². The molecule has 0 heterocycles. The minimum Gasteiger partial charge on any atom is -0.484 e. The molecule has 0 atom stereocenters. The summed E-state index contributed by atoms with van der Waals surface area (Å²) in [5, 5.41) is 2.66. The highest BCUT2D eigenvalue weighted by molar-refractivity contribution is 7.89. The number of carbonyl (C=O) groups is 1. The summed E-state index contributed by atoms with van der Waals surface area (Å²) < 4.78 is 43.1. The molecule has 6 nitrogen and oxygen atoms in total. The molecule has 8 heteroatoms. The Hall–Kier alpha value is -2.45. The SMILES string of the molecule is CN(C)S(=O)(=O)c1ccc(CNC(=O)COc2ccc(F)cc2)cc1. The zero-order valence-electron chi connectivity index (χ0n) is 13.9. The van der Waals surface area contributed by atoms with Crippen LogP contribution in [0, 0.1) is 5.82 Å². The molecule has 0 spiro atoms. The molecule has 0 saturated heterocycles. The van der Waals surface area contributed by atoms with Gasteiger partial charge in [0.1, 0.15) is 11.6 Å². The number of ether oxygens (including phenoxy) is 1. The largest absolute Gasteiger partial charge is 0.484 e. The Balaban J connectivity index is 1.84.